The van der Waals surface area contributed by atoms with E-state index in [1.54, 1.807) is 7.11 Å². The first-order chi connectivity index (χ1) is 21.8. The van der Waals surface area contributed by atoms with Crippen LogP contribution in [0.5, 0.6) is 5.75 Å². The van der Waals surface area contributed by atoms with Gasteiger partial charge in [-0.25, -0.2) is 14.8 Å². The largest absolute Gasteiger partial charge is 0.494 e. The number of carbonyl (C=O) groups excluding carboxylic acids is 2. The first-order valence-corrected chi connectivity index (χ1v) is 15.8. The lowest BCUT2D eigenvalue weighted by Gasteiger charge is -2.27. The Kier molecular flexibility index (Phi) is 6.30. The second kappa shape index (κ2) is 10.2. The van der Waals surface area contributed by atoms with E-state index in [1.807, 2.05) is 38.2 Å². The number of aryl methyl sites for hydroxylation is 2. The number of nitrogens with one attached hydrogen (secondary N) is 1. The Morgan fingerprint density at radius 2 is 1.89 bits per heavy atom. The van der Waals surface area contributed by atoms with Crippen LogP contribution in [0.2, 0.25) is 0 Å². The highest BCUT2D eigenvalue weighted by molar-refractivity contribution is 6.01. The molecule has 4 aromatic heterocycles. The number of benzene rings is 1. The zero-order valence-corrected chi connectivity index (χ0v) is 26.3. The van der Waals surface area contributed by atoms with E-state index in [0.29, 0.717) is 46.4 Å². The van der Waals surface area contributed by atoms with Crippen molar-refractivity contribution in [2.75, 3.05) is 20.8 Å². The van der Waals surface area contributed by atoms with Crippen LogP contribution in [0.15, 0.2) is 30.3 Å². The number of piperidine rings is 1. The maximum absolute atomic E-state index is 13.8. The van der Waals surface area contributed by atoms with Gasteiger partial charge in [-0.1, -0.05) is 6.92 Å². The molecular weight excluding hydrogens is 570 g/mol. The summed E-state index contributed by atoms with van der Waals surface area (Å²) in [5.74, 6) is 2.66. The number of aromatic amines is 1. The molecule has 232 valence electrons. The standard InChI is InChI=1S/C34H37N7O4/c1-17-21-9-11-25(17)41(16-21)33(42)22-12-24-30(27(14-22)44-4)39(3)32(36-24)26-13-20-8-10-23(35-31(20)40(26)15-19-6-7-19)28-18(2)37-38-29(28)34(43)45-5/h8,10,12-14,17,19,21,25H,6-7,9,11,15-16H2,1-5H3,(H,37,38)/t17-,21?,25?/m1/s1. The van der Waals surface area contributed by atoms with Gasteiger partial charge in [-0.2, -0.15) is 5.10 Å². The number of ether oxygens (including phenoxy) is 2. The fourth-order valence-corrected chi connectivity index (χ4v) is 7.71. The number of carbonyl (C=O) groups is 2. The zero-order valence-electron chi connectivity index (χ0n) is 26.3. The summed E-state index contributed by atoms with van der Waals surface area (Å²) in [6.45, 7) is 5.78. The lowest BCUT2D eigenvalue weighted by atomic mass is 10.0. The molecule has 1 saturated heterocycles. The van der Waals surface area contributed by atoms with Crippen molar-refractivity contribution in [3.05, 3.63) is 47.3 Å². The van der Waals surface area contributed by atoms with Crippen LogP contribution >= 0.6 is 0 Å². The minimum absolute atomic E-state index is 0.0573. The fourth-order valence-electron chi connectivity index (χ4n) is 7.71. The number of hydrogen-bond acceptors (Lipinski definition) is 7. The normalized spacial score (nSPS) is 20.9. The molecular formula is C34H37N7O4. The Morgan fingerprint density at radius 1 is 1.07 bits per heavy atom. The molecule has 2 aliphatic carbocycles. The molecule has 1 aliphatic heterocycles. The van der Waals surface area contributed by atoms with Crippen molar-refractivity contribution in [1.82, 2.24) is 34.2 Å². The molecule has 1 aromatic carbocycles. The van der Waals surface area contributed by atoms with Crippen LogP contribution in [0.25, 0.3) is 44.8 Å². The van der Waals surface area contributed by atoms with E-state index >= 15 is 0 Å². The Labute approximate surface area is 260 Å². The van der Waals surface area contributed by atoms with Gasteiger partial charge >= 0.3 is 5.97 Å². The molecule has 45 heavy (non-hydrogen) atoms. The summed E-state index contributed by atoms with van der Waals surface area (Å²) in [5.41, 5.74) is 6.18. The average Bonchev–Trinajstić information content (AvgIpc) is 3.27. The van der Waals surface area contributed by atoms with Crippen molar-refractivity contribution in [3.8, 4) is 28.5 Å². The molecule has 11 nitrogen and oxygen atoms in total. The van der Waals surface area contributed by atoms with Crippen LogP contribution in [-0.4, -0.2) is 72.9 Å². The number of rotatable bonds is 7. The van der Waals surface area contributed by atoms with Gasteiger partial charge in [0.2, 0.25) is 0 Å². The highest BCUT2D eigenvalue weighted by Crippen LogP contribution is 2.44. The van der Waals surface area contributed by atoms with Crippen molar-refractivity contribution < 1.29 is 19.1 Å². The van der Waals surface area contributed by atoms with Crippen LogP contribution in [0.1, 0.15) is 59.1 Å². The monoisotopic (exact) mass is 607 g/mol. The molecule has 3 atom stereocenters. The summed E-state index contributed by atoms with van der Waals surface area (Å²) in [5, 5.41) is 8.08. The van der Waals surface area contributed by atoms with Crippen molar-refractivity contribution in [2.45, 2.75) is 52.1 Å². The molecule has 2 bridgehead atoms. The van der Waals surface area contributed by atoms with E-state index in [4.69, 9.17) is 19.4 Å². The molecule has 2 saturated carbocycles. The van der Waals surface area contributed by atoms with Gasteiger partial charge in [0.15, 0.2) is 11.5 Å². The lowest BCUT2D eigenvalue weighted by Crippen LogP contribution is -2.38. The Morgan fingerprint density at radius 3 is 2.58 bits per heavy atom. The number of H-pyrrole nitrogens is 1. The number of pyridine rings is 1. The lowest BCUT2D eigenvalue weighted by molar-refractivity contribution is 0.0594. The van der Waals surface area contributed by atoms with Crippen molar-refractivity contribution in [2.24, 2.45) is 24.8 Å². The minimum atomic E-state index is -0.511. The summed E-state index contributed by atoms with van der Waals surface area (Å²) in [6, 6.07) is 10.2. The third-order valence-electron chi connectivity index (χ3n) is 10.4. The first-order valence-electron chi connectivity index (χ1n) is 15.8. The van der Waals surface area contributed by atoms with E-state index in [9.17, 15) is 9.59 Å². The number of methoxy groups -OCH3 is 2. The van der Waals surface area contributed by atoms with Gasteiger partial charge in [-0.05, 0) is 80.7 Å². The number of nitrogens with zero attached hydrogens (tertiary/aromatic N) is 6. The minimum Gasteiger partial charge on any atom is -0.494 e. The number of esters is 1. The number of fused-ring (bicyclic) bond motifs is 4. The molecule has 1 N–H and O–H groups in total. The van der Waals surface area contributed by atoms with Gasteiger partial charge in [0.25, 0.3) is 5.91 Å². The quantitative estimate of drug-likeness (QED) is 0.247. The topological polar surface area (TPSA) is 120 Å². The Bertz CT molecular complexity index is 2020. The number of imidazole rings is 1. The fraction of sp³-hybridized carbons (Fsp3) is 0.441. The van der Waals surface area contributed by atoms with E-state index in [2.05, 4.69) is 37.2 Å². The van der Waals surface area contributed by atoms with E-state index < -0.39 is 5.97 Å². The summed E-state index contributed by atoms with van der Waals surface area (Å²) in [6.07, 6.45) is 4.63. The number of hydrogen-bond donors (Lipinski definition) is 1. The maximum Gasteiger partial charge on any atom is 0.359 e. The summed E-state index contributed by atoms with van der Waals surface area (Å²) >= 11 is 0. The van der Waals surface area contributed by atoms with Gasteiger partial charge < -0.3 is 23.5 Å². The summed E-state index contributed by atoms with van der Waals surface area (Å²) in [4.78, 5) is 38.5. The molecule has 5 aromatic rings. The third kappa shape index (κ3) is 4.27. The number of aromatic nitrogens is 6. The summed E-state index contributed by atoms with van der Waals surface area (Å²) < 4.78 is 15.1. The molecule has 3 aliphatic rings. The molecule has 8 rings (SSSR count). The van der Waals surface area contributed by atoms with E-state index in [0.717, 1.165) is 58.8 Å². The number of amides is 1. The number of likely N-dealkylation sites (tertiary alicyclic amines) is 1. The molecule has 1 amide bonds. The molecule has 3 fully saturated rings. The van der Waals surface area contributed by atoms with Crippen molar-refractivity contribution >= 4 is 33.9 Å². The van der Waals surface area contributed by atoms with E-state index in [-0.39, 0.29) is 11.6 Å². The van der Waals surface area contributed by atoms with Crippen LogP contribution in [0, 0.1) is 24.7 Å². The van der Waals surface area contributed by atoms with Crippen LogP contribution in [-0.2, 0) is 18.3 Å². The van der Waals surface area contributed by atoms with Gasteiger partial charge in [0.05, 0.1) is 36.7 Å². The third-order valence-corrected chi connectivity index (χ3v) is 10.4. The molecule has 5 heterocycles. The molecule has 0 spiro atoms. The van der Waals surface area contributed by atoms with Crippen molar-refractivity contribution in [1.29, 1.82) is 0 Å². The van der Waals surface area contributed by atoms with Crippen molar-refractivity contribution in [3.63, 3.8) is 0 Å². The second-order valence-corrected chi connectivity index (χ2v) is 13.0. The molecule has 2 unspecified atom stereocenters. The van der Waals surface area contributed by atoms with Gasteiger partial charge in [-0.3, -0.25) is 9.89 Å². The maximum atomic E-state index is 13.8. The SMILES string of the molecule is COC(=O)c1n[nH]c(C)c1-c1ccc2cc(-c3nc4cc(C(=O)N5CC6CCC5[C@@H]6C)cc(OC)c4n3C)n(CC3CC3)c2n1. The zero-order chi connectivity index (χ0) is 31.1. The average molecular weight is 608 g/mol. The second-order valence-electron chi connectivity index (χ2n) is 13.0. The first kappa shape index (κ1) is 27.8. The highest BCUT2D eigenvalue weighted by Gasteiger charge is 2.46. The predicted molar refractivity (Wildman–Crippen MR) is 169 cm³/mol. The predicted octanol–water partition coefficient (Wildman–Crippen LogP) is 5.36. The Hall–Kier alpha value is -4.67. The van der Waals surface area contributed by atoms with Gasteiger partial charge in [0.1, 0.15) is 16.9 Å². The Balaban J connectivity index is 1.25. The van der Waals surface area contributed by atoms with Crippen LogP contribution in [0.3, 0.4) is 0 Å². The van der Waals surface area contributed by atoms with Crippen LogP contribution < -0.4 is 4.74 Å². The van der Waals surface area contributed by atoms with Crippen LogP contribution in [0.4, 0.5) is 0 Å². The van der Waals surface area contributed by atoms with E-state index in [1.165, 1.54) is 26.4 Å². The molecule has 0 radical (unpaired) electrons. The molecule has 11 heteroatoms. The smallest absolute Gasteiger partial charge is 0.359 e. The highest BCUT2D eigenvalue weighted by atomic mass is 16.5. The summed E-state index contributed by atoms with van der Waals surface area (Å²) in [7, 11) is 4.98. The van der Waals surface area contributed by atoms with Gasteiger partial charge in [-0.15, -0.1) is 0 Å². The van der Waals surface area contributed by atoms with Gasteiger partial charge in [0, 0.05) is 42.8 Å².